The highest BCUT2D eigenvalue weighted by Crippen LogP contribution is 2.16. The van der Waals surface area contributed by atoms with Crippen LogP contribution in [0.5, 0.6) is 0 Å². The standard InChI is InChI=1S/C14H19N3O/c1-14(2,15-3)12(18)9-13-16-10-7-5-6-8-11(10)17(13)4/h5-8,15H,9H2,1-4H3. The Hall–Kier alpha value is -1.68. The second-order valence-corrected chi connectivity index (χ2v) is 5.05. The lowest BCUT2D eigenvalue weighted by atomic mass is 9.97. The first-order valence-corrected chi connectivity index (χ1v) is 6.08. The van der Waals surface area contributed by atoms with Crippen LogP contribution in [0.15, 0.2) is 24.3 Å². The molecule has 96 valence electrons. The van der Waals surface area contributed by atoms with E-state index in [9.17, 15) is 4.79 Å². The molecule has 2 aromatic rings. The number of benzene rings is 1. The molecule has 0 bridgehead atoms. The molecule has 0 aliphatic rings. The smallest absolute Gasteiger partial charge is 0.159 e. The minimum atomic E-state index is -0.516. The molecule has 4 nitrogen and oxygen atoms in total. The summed E-state index contributed by atoms with van der Waals surface area (Å²) in [6.45, 7) is 3.77. The maximum Gasteiger partial charge on any atom is 0.159 e. The molecular formula is C14H19N3O. The number of carbonyl (C=O) groups is 1. The molecule has 2 rings (SSSR count). The van der Waals surface area contributed by atoms with Gasteiger partial charge in [-0.3, -0.25) is 4.79 Å². The highest BCUT2D eigenvalue weighted by Gasteiger charge is 2.26. The van der Waals surface area contributed by atoms with Crippen molar-refractivity contribution in [2.75, 3.05) is 7.05 Å². The number of nitrogens with zero attached hydrogens (tertiary/aromatic N) is 2. The molecule has 4 heteroatoms. The number of hydrogen-bond acceptors (Lipinski definition) is 3. The van der Waals surface area contributed by atoms with Gasteiger partial charge in [0.2, 0.25) is 0 Å². The summed E-state index contributed by atoms with van der Waals surface area (Å²) in [7, 11) is 3.75. The minimum Gasteiger partial charge on any atom is -0.331 e. The summed E-state index contributed by atoms with van der Waals surface area (Å²) in [6, 6.07) is 7.91. The van der Waals surface area contributed by atoms with Crippen molar-refractivity contribution in [3.8, 4) is 0 Å². The van der Waals surface area contributed by atoms with Gasteiger partial charge in [-0.2, -0.15) is 0 Å². The fraction of sp³-hybridized carbons (Fsp3) is 0.429. The lowest BCUT2D eigenvalue weighted by molar-refractivity contribution is -0.123. The van der Waals surface area contributed by atoms with Crippen molar-refractivity contribution >= 4 is 16.8 Å². The number of imidazole rings is 1. The van der Waals surface area contributed by atoms with E-state index in [1.807, 2.05) is 49.7 Å². The van der Waals surface area contributed by atoms with E-state index in [1.165, 1.54) is 0 Å². The summed E-state index contributed by atoms with van der Waals surface area (Å²) in [6.07, 6.45) is 0.346. The summed E-state index contributed by atoms with van der Waals surface area (Å²) in [4.78, 5) is 16.7. The number of rotatable bonds is 4. The van der Waals surface area contributed by atoms with E-state index in [0.717, 1.165) is 16.9 Å². The third kappa shape index (κ3) is 2.16. The van der Waals surface area contributed by atoms with Crippen molar-refractivity contribution in [2.24, 2.45) is 7.05 Å². The van der Waals surface area contributed by atoms with E-state index >= 15 is 0 Å². The van der Waals surface area contributed by atoms with Gasteiger partial charge < -0.3 is 9.88 Å². The summed E-state index contributed by atoms with van der Waals surface area (Å²) < 4.78 is 1.99. The Morgan fingerprint density at radius 3 is 2.67 bits per heavy atom. The molecule has 0 aliphatic carbocycles. The van der Waals surface area contributed by atoms with E-state index in [1.54, 1.807) is 7.05 Å². The van der Waals surface area contributed by atoms with Crippen LogP contribution in [0.3, 0.4) is 0 Å². The number of aryl methyl sites for hydroxylation is 1. The second kappa shape index (κ2) is 4.53. The predicted octanol–water partition coefficient (Wildman–Crippen LogP) is 1.68. The third-order valence-corrected chi connectivity index (χ3v) is 3.52. The number of hydrogen-bond donors (Lipinski definition) is 1. The van der Waals surface area contributed by atoms with Crippen LogP contribution >= 0.6 is 0 Å². The van der Waals surface area contributed by atoms with E-state index in [2.05, 4.69) is 10.3 Å². The van der Waals surface area contributed by atoms with E-state index in [4.69, 9.17) is 0 Å². The van der Waals surface area contributed by atoms with Gasteiger partial charge >= 0.3 is 0 Å². The molecule has 0 aliphatic heterocycles. The van der Waals surface area contributed by atoms with Crippen LogP contribution in [0, 0.1) is 0 Å². The number of carbonyl (C=O) groups excluding carboxylic acids is 1. The molecule has 0 fully saturated rings. The quantitative estimate of drug-likeness (QED) is 0.891. The Morgan fingerprint density at radius 1 is 1.39 bits per heavy atom. The zero-order valence-corrected chi connectivity index (χ0v) is 11.3. The molecule has 1 aromatic heterocycles. The van der Waals surface area contributed by atoms with Crippen LogP contribution in [-0.2, 0) is 18.3 Å². The van der Waals surface area contributed by atoms with Crippen LogP contribution in [0.25, 0.3) is 11.0 Å². The normalized spacial score (nSPS) is 12.0. The Balaban J connectivity index is 2.33. The van der Waals surface area contributed by atoms with Crippen LogP contribution in [0.2, 0.25) is 0 Å². The number of likely N-dealkylation sites (N-methyl/N-ethyl adjacent to an activating group) is 1. The molecule has 0 radical (unpaired) electrons. The van der Waals surface area contributed by atoms with Crippen LogP contribution in [0.4, 0.5) is 0 Å². The highest BCUT2D eigenvalue weighted by molar-refractivity contribution is 5.89. The first kappa shape index (κ1) is 12.8. The van der Waals surface area contributed by atoms with Gasteiger partial charge in [-0.25, -0.2) is 4.98 Å². The zero-order valence-electron chi connectivity index (χ0n) is 11.3. The molecule has 0 amide bonds. The van der Waals surface area contributed by atoms with Crippen LogP contribution in [0.1, 0.15) is 19.7 Å². The Labute approximate surface area is 107 Å². The fourth-order valence-electron chi connectivity index (χ4n) is 1.86. The van der Waals surface area contributed by atoms with Gasteiger partial charge in [0.25, 0.3) is 0 Å². The Kier molecular flexibility index (Phi) is 3.22. The number of aromatic nitrogens is 2. The summed E-state index contributed by atoms with van der Waals surface area (Å²) in [5.41, 5.74) is 1.48. The van der Waals surface area contributed by atoms with E-state index in [-0.39, 0.29) is 5.78 Å². The SMILES string of the molecule is CNC(C)(C)C(=O)Cc1nc2ccccc2n1C. The van der Waals surface area contributed by atoms with Crippen molar-refractivity contribution in [1.29, 1.82) is 0 Å². The molecule has 0 atom stereocenters. The summed E-state index contributed by atoms with van der Waals surface area (Å²) in [5.74, 6) is 0.952. The van der Waals surface area contributed by atoms with Crippen molar-refractivity contribution < 1.29 is 4.79 Å². The maximum atomic E-state index is 12.2. The van der Waals surface area contributed by atoms with Crippen LogP contribution in [-0.4, -0.2) is 27.9 Å². The topological polar surface area (TPSA) is 46.9 Å². The van der Waals surface area contributed by atoms with E-state index in [0.29, 0.717) is 6.42 Å². The Bertz CT molecular complexity index is 584. The van der Waals surface area contributed by atoms with Gasteiger partial charge in [-0.05, 0) is 33.0 Å². The minimum absolute atomic E-state index is 0.142. The van der Waals surface area contributed by atoms with Gasteiger partial charge in [-0.1, -0.05) is 12.1 Å². The lowest BCUT2D eigenvalue weighted by Gasteiger charge is -2.21. The largest absolute Gasteiger partial charge is 0.331 e. The maximum absolute atomic E-state index is 12.2. The molecule has 18 heavy (non-hydrogen) atoms. The van der Waals surface area contributed by atoms with Crippen LogP contribution < -0.4 is 5.32 Å². The molecule has 0 saturated carbocycles. The first-order chi connectivity index (χ1) is 8.45. The number of ketones is 1. The van der Waals surface area contributed by atoms with Gasteiger partial charge in [-0.15, -0.1) is 0 Å². The van der Waals surface area contributed by atoms with Gasteiger partial charge in [0.15, 0.2) is 5.78 Å². The average molecular weight is 245 g/mol. The Morgan fingerprint density at radius 2 is 2.06 bits per heavy atom. The summed E-state index contributed by atoms with van der Waals surface area (Å²) >= 11 is 0. The number of para-hydroxylation sites is 2. The molecule has 1 N–H and O–H groups in total. The summed E-state index contributed by atoms with van der Waals surface area (Å²) in [5, 5.41) is 3.03. The van der Waals surface area contributed by atoms with Gasteiger partial charge in [0.1, 0.15) is 5.82 Å². The monoisotopic (exact) mass is 245 g/mol. The first-order valence-electron chi connectivity index (χ1n) is 6.08. The van der Waals surface area contributed by atoms with Crippen molar-refractivity contribution in [1.82, 2.24) is 14.9 Å². The van der Waals surface area contributed by atoms with Gasteiger partial charge in [0, 0.05) is 7.05 Å². The van der Waals surface area contributed by atoms with Crippen molar-refractivity contribution in [2.45, 2.75) is 25.8 Å². The fourth-order valence-corrected chi connectivity index (χ4v) is 1.86. The molecule has 1 heterocycles. The number of nitrogens with one attached hydrogen (secondary N) is 1. The number of fused-ring (bicyclic) bond motifs is 1. The highest BCUT2D eigenvalue weighted by atomic mass is 16.1. The number of Topliss-reactive ketones (excluding diaryl/α,β-unsaturated/α-hetero) is 1. The van der Waals surface area contributed by atoms with E-state index < -0.39 is 5.54 Å². The average Bonchev–Trinajstić information content (AvgIpc) is 2.67. The molecule has 1 aromatic carbocycles. The molecular weight excluding hydrogens is 226 g/mol. The molecule has 0 saturated heterocycles. The second-order valence-electron chi connectivity index (χ2n) is 5.05. The van der Waals surface area contributed by atoms with Crippen molar-refractivity contribution in [3.05, 3.63) is 30.1 Å². The molecule has 0 unspecified atom stereocenters. The third-order valence-electron chi connectivity index (χ3n) is 3.52. The zero-order chi connectivity index (χ0) is 13.3. The lowest BCUT2D eigenvalue weighted by Crippen LogP contribution is -2.45. The predicted molar refractivity (Wildman–Crippen MR) is 72.6 cm³/mol. The van der Waals surface area contributed by atoms with Crippen molar-refractivity contribution in [3.63, 3.8) is 0 Å². The van der Waals surface area contributed by atoms with Gasteiger partial charge in [0.05, 0.1) is 23.0 Å². The molecule has 0 spiro atoms.